The van der Waals surface area contributed by atoms with Gasteiger partial charge in [-0.3, -0.25) is 9.59 Å². The summed E-state index contributed by atoms with van der Waals surface area (Å²) in [7, 11) is 0. The van der Waals surface area contributed by atoms with E-state index in [0.29, 0.717) is 24.3 Å². The Morgan fingerprint density at radius 1 is 0.840 bits per heavy atom. The van der Waals surface area contributed by atoms with Crippen molar-refractivity contribution in [3.8, 4) is 0 Å². The number of hydrogen-bond acceptors (Lipinski definition) is 4. The molecule has 0 spiro atoms. The molecule has 0 aromatic heterocycles. The van der Waals surface area contributed by atoms with Crippen LogP contribution in [-0.4, -0.2) is 22.8 Å². The summed E-state index contributed by atoms with van der Waals surface area (Å²) in [5.74, 6) is -1.61. The number of benzene rings is 2. The predicted octanol–water partition coefficient (Wildman–Crippen LogP) is 2.86. The number of imide groups is 1. The molecular weight excluding hydrogens is 318 g/mol. The standard InChI is InChI=1S/C20H15NO4/c22-16-14-8-4-5-9-15(14)17(23)21(16)25-18(24)20-10-19(11-20,12-20)13-6-2-1-3-7-13/h1-9H,10-12H2. The fourth-order valence-corrected chi connectivity index (χ4v) is 4.53. The van der Waals surface area contributed by atoms with Gasteiger partial charge in [-0.25, -0.2) is 4.79 Å². The van der Waals surface area contributed by atoms with Crippen LogP contribution >= 0.6 is 0 Å². The van der Waals surface area contributed by atoms with Crippen molar-refractivity contribution in [2.24, 2.45) is 5.41 Å². The van der Waals surface area contributed by atoms with Crippen molar-refractivity contribution >= 4 is 17.8 Å². The number of fused-ring (bicyclic) bond motifs is 1. The molecule has 3 saturated carbocycles. The minimum atomic E-state index is -0.571. The Balaban J connectivity index is 1.31. The first kappa shape index (κ1) is 14.4. The van der Waals surface area contributed by atoms with Gasteiger partial charge in [-0.2, -0.15) is 0 Å². The Kier molecular flexibility index (Phi) is 2.63. The molecule has 1 aliphatic heterocycles. The lowest BCUT2D eigenvalue weighted by molar-refractivity contribution is -0.221. The molecule has 124 valence electrons. The molecule has 2 amide bonds. The molecule has 4 aliphatic rings. The summed E-state index contributed by atoms with van der Waals surface area (Å²) >= 11 is 0. The van der Waals surface area contributed by atoms with Gasteiger partial charge in [-0.1, -0.05) is 47.5 Å². The van der Waals surface area contributed by atoms with Gasteiger partial charge in [0.2, 0.25) is 0 Å². The second-order valence-corrected chi connectivity index (χ2v) is 7.29. The molecule has 2 bridgehead atoms. The zero-order valence-corrected chi connectivity index (χ0v) is 13.4. The van der Waals surface area contributed by atoms with Crippen molar-refractivity contribution in [2.75, 3.05) is 0 Å². The van der Waals surface area contributed by atoms with Crippen molar-refractivity contribution in [1.82, 2.24) is 5.06 Å². The zero-order valence-electron chi connectivity index (χ0n) is 13.4. The average molecular weight is 333 g/mol. The summed E-state index contributed by atoms with van der Waals surface area (Å²) in [5, 5.41) is 0.614. The normalized spacial score (nSPS) is 28.9. The van der Waals surface area contributed by atoms with E-state index in [4.69, 9.17) is 4.84 Å². The maximum Gasteiger partial charge on any atom is 0.339 e. The number of hydrogen-bond donors (Lipinski definition) is 0. The molecular formula is C20H15NO4. The highest BCUT2D eigenvalue weighted by molar-refractivity contribution is 6.21. The monoisotopic (exact) mass is 333 g/mol. The summed E-state index contributed by atoms with van der Waals surface area (Å²) < 4.78 is 0. The van der Waals surface area contributed by atoms with Gasteiger partial charge in [-0.05, 0) is 42.4 Å². The number of nitrogens with zero attached hydrogens (tertiary/aromatic N) is 1. The van der Waals surface area contributed by atoms with E-state index in [1.807, 2.05) is 18.2 Å². The summed E-state index contributed by atoms with van der Waals surface area (Å²) in [6.07, 6.45) is 2.14. The molecule has 3 fully saturated rings. The van der Waals surface area contributed by atoms with E-state index in [1.54, 1.807) is 24.3 Å². The van der Waals surface area contributed by atoms with E-state index in [2.05, 4.69) is 12.1 Å². The van der Waals surface area contributed by atoms with Crippen molar-refractivity contribution in [1.29, 1.82) is 0 Å². The molecule has 5 heteroatoms. The van der Waals surface area contributed by atoms with Crippen LogP contribution in [0.1, 0.15) is 45.5 Å². The Bertz CT molecular complexity index is 879. The van der Waals surface area contributed by atoms with Crippen LogP contribution < -0.4 is 0 Å². The average Bonchev–Trinajstić information content (AvgIpc) is 2.79. The fraction of sp³-hybridized carbons (Fsp3) is 0.250. The molecule has 5 nitrogen and oxygen atoms in total. The molecule has 0 N–H and O–H groups in total. The fourth-order valence-electron chi connectivity index (χ4n) is 4.53. The minimum absolute atomic E-state index is 0.0578. The largest absolute Gasteiger partial charge is 0.339 e. The Labute approximate surface area is 144 Å². The van der Waals surface area contributed by atoms with Gasteiger partial charge < -0.3 is 4.84 Å². The molecule has 0 saturated heterocycles. The van der Waals surface area contributed by atoms with Crippen molar-refractivity contribution in [2.45, 2.75) is 24.7 Å². The number of rotatable bonds is 3. The third kappa shape index (κ3) is 1.75. The Hall–Kier alpha value is -2.95. The molecule has 3 aliphatic carbocycles. The molecule has 1 heterocycles. The van der Waals surface area contributed by atoms with E-state index >= 15 is 0 Å². The number of carbonyl (C=O) groups excluding carboxylic acids is 3. The predicted molar refractivity (Wildman–Crippen MR) is 87.4 cm³/mol. The lowest BCUT2D eigenvalue weighted by Crippen LogP contribution is -2.68. The smallest absolute Gasteiger partial charge is 0.329 e. The number of amides is 2. The maximum atomic E-state index is 12.6. The third-order valence-electron chi connectivity index (χ3n) is 5.78. The first-order chi connectivity index (χ1) is 12.0. The van der Waals surface area contributed by atoms with Crippen LogP contribution in [0.4, 0.5) is 0 Å². The van der Waals surface area contributed by atoms with Gasteiger partial charge in [0.1, 0.15) is 0 Å². The van der Waals surface area contributed by atoms with Crippen LogP contribution in [0, 0.1) is 5.41 Å². The van der Waals surface area contributed by atoms with Crippen LogP contribution in [0.15, 0.2) is 54.6 Å². The van der Waals surface area contributed by atoms with Crippen LogP contribution in [0.25, 0.3) is 0 Å². The summed E-state index contributed by atoms with van der Waals surface area (Å²) in [5.41, 5.74) is 1.30. The van der Waals surface area contributed by atoms with Gasteiger partial charge in [0.15, 0.2) is 0 Å². The van der Waals surface area contributed by atoms with Crippen LogP contribution in [0.5, 0.6) is 0 Å². The summed E-state index contributed by atoms with van der Waals surface area (Å²) in [6, 6.07) is 16.6. The van der Waals surface area contributed by atoms with E-state index in [1.165, 1.54) is 5.56 Å². The summed E-state index contributed by atoms with van der Waals surface area (Å²) in [4.78, 5) is 42.4. The first-order valence-electron chi connectivity index (χ1n) is 8.31. The quantitative estimate of drug-likeness (QED) is 0.810. The van der Waals surface area contributed by atoms with E-state index in [0.717, 1.165) is 0 Å². The van der Waals surface area contributed by atoms with Crippen LogP contribution in [0.2, 0.25) is 0 Å². The van der Waals surface area contributed by atoms with Crippen LogP contribution in [-0.2, 0) is 15.0 Å². The number of carbonyl (C=O) groups is 3. The van der Waals surface area contributed by atoms with E-state index in [-0.39, 0.29) is 16.5 Å². The van der Waals surface area contributed by atoms with Gasteiger partial charge >= 0.3 is 5.97 Å². The van der Waals surface area contributed by atoms with E-state index < -0.39 is 23.2 Å². The lowest BCUT2D eigenvalue weighted by Gasteiger charge is -2.68. The van der Waals surface area contributed by atoms with E-state index in [9.17, 15) is 14.4 Å². The highest BCUT2D eigenvalue weighted by Crippen LogP contribution is 2.74. The second kappa shape index (κ2) is 4.57. The molecule has 0 radical (unpaired) electrons. The Morgan fingerprint density at radius 3 is 1.92 bits per heavy atom. The molecule has 0 unspecified atom stereocenters. The minimum Gasteiger partial charge on any atom is -0.329 e. The zero-order chi connectivity index (χ0) is 17.2. The molecule has 6 rings (SSSR count). The molecule has 2 aromatic rings. The maximum absolute atomic E-state index is 12.6. The number of hydroxylamine groups is 2. The SMILES string of the molecule is O=C1c2ccccc2C(=O)N1OC(=O)C12CC(c3ccccc3)(C1)C2. The lowest BCUT2D eigenvalue weighted by atomic mass is 9.33. The van der Waals surface area contributed by atoms with Gasteiger partial charge in [-0.15, -0.1) is 0 Å². The van der Waals surface area contributed by atoms with Crippen LogP contribution in [0.3, 0.4) is 0 Å². The highest BCUT2D eigenvalue weighted by Gasteiger charge is 2.73. The molecule has 25 heavy (non-hydrogen) atoms. The second-order valence-electron chi connectivity index (χ2n) is 7.29. The van der Waals surface area contributed by atoms with Crippen molar-refractivity contribution in [3.63, 3.8) is 0 Å². The first-order valence-corrected chi connectivity index (χ1v) is 8.31. The van der Waals surface area contributed by atoms with Gasteiger partial charge in [0.25, 0.3) is 11.8 Å². The Morgan fingerprint density at radius 2 is 1.36 bits per heavy atom. The van der Waals surface area contributed by atoms with Crippen molar-refractivity contribution in [3.05, 3.63) is 71.3 Å². The van der Waals surface area contributed by atoms with Crippen molar-refractivity contribution < 1.29 is 19.2 Å². The van der Waals surface area contributed by atoms with Gasteiger partial charge in [0, 0.05) is 0 Å². The summed E-state index contributed by atoms with van der Waals surface area (Å²) in [6.45, 7) is 0. The third-order valence-corrected chi connectivity index (χ3v) is 5.78. The highest BCUT2D eigenvalue weighted by atomic mass is 16.7. The topological polar surface area (TPSA) is 63.7 Å². The molecule has 0 atom stereocenters. The molecule has 2 aromatic carbocycles. The van der Waals surface area contributed by atoms with Gasteiger partial charge in [0.05, 0.1) is 16.5 Å².